The van der Waals surface area contributed by atoms with Gasteiger partial charge >= 0.3 is 0 Å². The third-order valence-electron chi connectivity index (χ3n) is 4.45. The van der Waals surface area contributed by atoms with E-state index in [4.69, 9.17) is 10.5 Å². The van der Waals surface area contributed by atoms with Gasteiger partial charge in [-0.1, -0.05) is 31.4 Å². The van der Waals surface area contributed by atoms with Gasteiger partial charge in [0, 0.05) is 41.1 Å². The highest BCUT2D eigenvalue weighted by molar-refractivity contribution is 7.84. The summed E-state index contributed by atoms with van der Waals surface area (Å²) in [4.78, 5) is 12.0. The van der Waals surface area contributed by atoms with Crippen LogP contribution in [0.1, 0.15) is 44.1 Å². The van der Waals surface area contributed by atoms with Crippen LogP contribution in [0.15, 0.2) is 24.3 Å². The molecule has 3 N–H and O–H groups in total. The van der Waals surface area contributed by atoms with Crippen LogP contribution in [-0.2, 0) is 26.1 Å². The summed E-state index contributed by atoms with van der Waals surface area (Å²) in [6.07, 6.45) is 5.74. The van der Waals surface area contributed by atoms with Gasteiger partial charge in [-0.2, -0.15) is 0 Å². The third kappa shape index (κ3) is 6.00. The summed E-state index contributed by atoms with van der Waals surface area (Å²) >= 11 is 0. The summed E-state index contributed by atoms with van der Waals surface area (Å²) in [5, 5.41) is 3.18. The number of carbonyl (C=O) groups excluding carboxylic acids is 1. The van der Waals surface area contributed by atoms with Crippen molar-refractivity contribution in [2.24, 2.45) is 5.73 Å². The molecule has 6 heteroatoms. The van der Waals surface area contributed by atoms with Crippen molar-refractivity contribution >= 4 is 22.4 Å². The zero-order chi connectivity index (χ0) is 17.4. The van der Waals surface area contributed by atoms with E-state index >= 15 is 0 Å². The zero-order valence-electron chi connectivity index (χ0n) is 14.3. The Labute approximate surface area is 146 Å². The molecule has 1 saturated carbocycles. The van der Waals surface area contributed by atoms with Gasteiger partial charge in [-0.05, 0) is 30.5 Å². The molecule has 1 aromatic rings. The van der Waals surface area contributed by atoms with Gasteiger partial charge in [0.2, 0.25) is 5.91 Å². The number of hydrogen-bond acceptors (Lipinski definition) is 4. The van der Waals surface area contributed by atoms with E-state index in [-0.39, 0.29) is 18.4 Å². The zero-order valence-corrected chi connectivity index (χ0v) is 15.1. The molecule has 1 aromatic carbocycles. The van der Waals surface area contributed by atoms with Crippen LogP contribution in [-0.4, -0.2) is 35.1 Å². The van der Waals surface area contributed by atoms with E-state index in [0.717, 1.165) is 24.1 Å². The summed E-state index contributed by atoms with van der Waals surface area (Å²) in [5.74, 6) is 0.426. The van der Waals surface area contributed by atoms with Crippen molar-refractivity contribution in [3.63, 3.8) is 0 Å². The Hall–Kier alpha value is -1.24. The lowest BCUT2D eigenvalue weighted by atomic mass is 10.0. The molecular formula is C18H28N2O3S. The molecule has 134 valence electrons. The number of hydrogen-bond donors (Lipinski definition) is 2. The maximum atomic E-state index is 12.5. The van der Waals surface area contributed by atoms with Gasteiger partial charge < -0.3 is 15.8 Å². The normalized spacial score (nSPS) is 18.1. The summed E-state index contributed by atoms with van der Waals surface area (Å²) in [6.45, 7) is 0.310. The first-order valence-electron chi connectivity index (χ1n) is 8.61. The number of ether oxygens (including phenoxy) is 1. The van der Waals surface area contributed by atoms with E-state index in [1.54, 1.807) is 7.11 Å². The maximum absolute atomic E-state index is 12.5. The van der Waals surface area contributed by atoms with Crippen molar-refractivity contribution < 1.29 is 13.7 Å². The Morgan fingerprint density at radius 2 is 2.12 bits per heavy atom. The Kier molecular flexibility index (Phi) is 7.88. The smallest absolute Gasteiger partial charge is 0.227 e. The molecule has 0 aromatic heterocycles. The molecule has 2 atom stereocenters. The molecule has 2 rings (SSSR count). The minimum Gasteiger partial charge on any atom is -0.380 e. The van der Waals surface area contributed by atoms with Gasteiger partial charge in [-0.25, -0.2) is 0 Å². The minimum atomic E-state index is -0.840. The molecule has 0 spiro atoms. The molecule has 5 nitrogen and oxygen atoms in total. The Morgan fingerprint density at radius 3 is 2.79 bits per heavy atom. The lowest BCUT2D eigenvalue weighted by Crippen LogP contribution is -2.28. The van der Waals surface area contributed by atoms with Crippen LogP contribution in [0, 0.1) is 0 Å². The highest BCUT2D eigenvalue weighted by Crippen LogP contribution is 2.24. The van der Waals surface area contributed by atoms with Crippen molar-refractivity contribution in [1.29, 1.82) is 0 Å². The number of methoxy groups -OCH3 is 1. The quantitative estimate of drug-likeness (QED) is 0.753. The number of nitrogens with two attached hydrogens (primary N) is 1. The van der Waals surface area contributed by atoms with Crippen LogP contribution in [0.25, 0.3) is 0 Å². The second-order valence-corrected chi connectivity index (χ2v) is 8.05. The summed E-state index contributed by atoms with van der Waals surface area (Å²) in [7, 11) is 0.708. The summed E-state index contributed by atoms with van der Waals surface area (Å²) in [6, 6.07) is 7.60. The van der Waals surface area contributed by atoms with Crippen molar-refractivity contribution in [2.75, 3.05) is 19.0 Å². The Bertz CT molecular complexity index is 555. The molecule has 0 bridgehead atoms. The number of anilines is 1. The number of rotatable bonds is 8. The fraction of sp³-hybridized carbons (Fsp3) is 0.611. The van der Waals surface area contributed by atoms with Gasteiger partial charge in [0.15, 0.2) is 0 Å². The Morgan fingerprint density at radius 1 is 1.38 bits per heavy atom. The number of carbonyl (C=O) groups is 1. The van der Waals surface area contributed by atoms with Crippen LogP contribution in [0.3, 0.4) is 0 Å². The average Bonchev–Trinajstić information content (AvgIpc) is 2.60. The molecule has 1 aliphatic rings. The highest BCUT2D eigenvalue weighted by atomic mass is 32.2. The number of amides is 1. The van der Waals surface area contributed by atoms with Crippen molar-refractivity contribution in [3.8, 4) is 0 Å². The SMILES string of the molecule is COC(CN)CC(=O)Nc1cccc(CS(=O)C2CCCCC2)c1. The standard InChI is InChI=1S/C18H28N2O3S/c1-23-16(12-19)11-18(21)20-15-7-5-6-14(10-15)13-24(22)17-8-3-2-4-9-17/h5-7,10,16-17H,2-4,8-9,11-13,19H2,1H3,(H,20,21). The predicted octanol–water partition coefficient (Wildman–Crippen LogP) is 2.57. The largest absolute Gasteiger partial charge is 0.380 e. The van der Waals surface area contributed by atoms with E-state index in [1.807, 2.05) is 24.3 Å². The van der Waals surface area contributed by atoms with Gasteiger partial charge in [-0.15, -0.1) is 0 Å². The maximum Gasteiger partial charge on any atom is 0.227 e. The van der Waals surface area contributed by atoms with Crippen molar-refractivity contribution in [2.45, 2.75) is 55.6 Å². The monoisotopic (exact) mass is 352 g/mol. The second-order valence-electron chi connectivity index (χ2n) is 6.33. The van der Waals surface area contributed by atoms with Gasteiger partial charge in [-0.3, -0.25) is 9.00 Å². The molecule has 0 heterocycles. The van der Waals surface area contributed by atoms with Crippen LogP contribution < -0.4 is 11.1 Å². The minimum absolute atomic E-state index is 0.127. The molecule has 1 amide bonds. The van der Waals surface area contributed by atoms with E-state index in [0.29, 0.717) is 17.5 Å². The molecule has 0 saturated heterocycles. The molecule has 24 heavy (non-hydrogen) atoms. The van der Waals surface area contributed by atoms with E-state index in [2.05, 4.69) is 5.32 Å². The van der Waals surface area contributed by atoms with Crippen molar-refractivity contribution in [3.05, 3.63) is 29.8 Å². The molecule has 0 radical (unpaired) electrons. The number of benzene rings is 1. The molecule has 0 aliphatic heterocycles. The van der Waals surface area contributed by atoms with Crippen LogP contribution in [0.4, 0.5) is 5.69 Å². The van der Waals surface area contributed by atoms with Crippen molar-refractivity contribution in [1.82, 2.24) is 0 Å². The summed E-state index contributed by atoms with van der Waals surface area (Å²) in [5.41, 5.74) is 7.26. The lowest BCUT2D eigenvalue weighted by Gasteiger charge is -2.21. The Balaban J connectivity index is 1.90. The van der Waals surface area contributed by atoms with Crippen LogP contribution in [0.2, 0.25) is 0 Å². The number of nitrogens with one attached hydrogen (secondary N) is 1. The van der Waals surface area contributed by atoms with E-state index < -0.39 is 10.8 Å². The van der Waals surface area contributed by atoms with Gasteiger partial charge in [0.25, 0.3) is 0 Å². The molecule has 2 unspecified atom stereocenters. The third-order valence-corrected chi connectivity index (χ3v) is 6.29. The second kappa shape index (κ2) is 9.91. The topological polar surface area (TPSA) is 81.4 Å². The fourth-order valence-electron chi connectivity index (χ4n) is 3.03. The molecule has 1 fully saturated rings. The molecule has 1 aliphatic carbocycles. The summed E-state index contributed by atoms with van der Waals surface area (Å²) < 4.78 is 17.6. The fourth-order valence-corrected chi connectivity index (χ4v) is 4.63. The first-order valence-corrected chi connectivity index (χ1v) is 9.99. The first-order chi connectivity index (χ1) is 11.6. The molecular weight excluding hydrogens is 324 g/mol. The van der Waals surface area contributed by atoms with E-state index in [9.17, 15) is 9.00 Å². The average molecular weight is 353 g/mol. The predicted molar refractivity (Wildman–Crippen MR) is 98.3 cm³/mol. The van der Waals surface area contributed by atoms with Gasteiger partial charge in [0.1, 0.15) is 0 Å². The van der Waals surface area contributed by atoms with Gasteiger partial charge in [0.05, 0.1) is 12.5 Å². The van der Waals surface area contributed by atoms with E-state index in [1.165, 1.54) is 19.3 Å². The highest BCUT2D eigenvalue weighted by Gasteiger charge is 2.20. The van der Waals surface area contributed by atoms with Crippen LogP contribution in [0.5, 0.6) is 0 Å². The van der Waals surface area contributed by atoms with Crippen LogP contribution >= 0.6 is 0 Å². The first kappa shape index (κ1) is 19.1. The lowest BCUT2D eigenvalue weighted by molar-refractivity contribution is -0.118.